The summed E-state index contributed by atoms with van der Waals surface area (Å²) in [4.78, 5) is 0. The maximum atomic E-state index is 2.32. The highest BCUT2D eigenvalue weighted by molar-refractivity contribution is 8.22. The summed E-state index contributed by atoms with van der Waals surface area (Å²) in [6.45, 7) is 4.42. The zero-order valence-electron chi connectivity index (χ0n) is 10.4. The minimum absolute atomic E-state index is 1.09. The Morgan fingerprint density at radius 1 is 1.24 bits per heavy atom. The first kappa shape index (κ1) is 12.8. The van der Waals surface area contributed by atoms with E-state index in [0.717, 1.165) is 17.9 Å². The summed E-state index contributed by atoms with van der Waals surface area (Å²) < 4.78 is 1.43. The molecular formula is C15H18S2. The van der Waals surface area contributed by atoms with Gasteiger partial charge in [0.15, 0.2) is 0 Å². The number of thioether (sulfide) groups is 2. The Morgan fingerprint density at radius 2 is 2.00 bits per heavy atom. The van der Waals surface area contributed by atoms with Crippen molar-refractivity contribution in [2.45, 2.75) is 20.3 Å². The molecule has 0 aromatic heterocycles. The molecule has 90 valence electrons. The minimum Gasteiger partial charge on any atom is -0.120 e. The summed E-state index contributed by atoms with van der Waals surface area (Å²) in [5, 5.41) is 0. The predicted molar refractivity (Wildman–Crippen MR) is 83.4 cm³/mol. The first-order chi connectivity index (χ1) is 8.33. The van der Waals surface area contributed by atoms with E-state index in [2.05, 4.69) is 50.3 Å². The Labute approximate surface area is 113 Å². The number of benzene rings is 1. The van der Waals surface area contributed by atoms with Gasteiger partial charge in [0, 0.05) is 4.24 Å². The van der Waals surface area contributed by atoms with Crippen molar-refractivity contribution >= 4 is 35.7 Å². The quantitative estimate of drug-likeness (QED) is 0.727. The van der Waals surface area contributed by atoms with Crippen LogP contribution < -0.4 is 0 Å². The smallest absolute Gasteiger partial charge is 0.0406 e. The van der Waals surface area contributed by atoms with Gasteiger partial charge in [0.2, 0.25) is 0 Å². The van der Waals surface area contributed by atoms with Crippen molar-refractivity contribution in [1.29, 1.82) is 0 Å². The number of allylic oxidation sites excluding steroid dienone is 1. The lowest BCUT2D eigenvalue weighted by molar-refractivity contribution is 1.31. The molecule has 1 aromatic carbocycles. The van der Waals surface area contributed by atoms with Gasteiger partial charge < -0.3 is 0 Å². The van der Waals surface area contributed by atoms with Crippen LogP contribution in [0.1, 0.15) is 30.5 Å². The van der Waals surface area contributed by atoms with E-state index in [4.69, 9.17) is 0 Å². The molecule has 1 aliphatic rings. The van der Waals surface area contributed by atoms with Crippen LogP contribution in [0.25, 0.3) is 12.2 Å². The number of hydrogen-bond donors (Lipinski definition) is 0. The maximum absolute atomic E-state index is 2.32. The Kier molecular flexibility index (Phi) is 4.81. The summed E-state index contributed by atoms with van der Waals surface area (Å²) >= 11 is 3.88. The van der Waals surface area contributed by atoms with Gasteiger partial charge in [-0.3, -0.25) is 0 Å². The third-order valence-corrected chi connectivity index (χ3v) is 4.75. The average Bonchev–Trinajstić information content (AvgIpc) is 2.77. The molecule has 0 radical (unpaired) electrons. The van der Waals surface area contributed by atoms with Gasteiger partial charge in [0.05, 0.1) is 0 Å². The lowest BCUT2D eigenvalue weighted by Gasteiger charge is -2.05. The number of rotatable bonds is 5. The average molecular weight is 262 g/mol. The van der Waals surface area contributed by atoms with E-state index < -0.39 is 0 Å². The van der Waals surface area contributed by atoms with Crippen LogP contribution in [0.3, 0.4) is 0 Å². The first-order valence-electron chi connectivity index (χ1n) is 6.10. The maximum Gasteiger partial charge on any atom is 0.0406 e. The van der Waals surface area contributed by atoms with Gasteiger partial charge in [-0.05, 0) is 40.7 Å². The fourth-order valence-electron chi connectivity index (χ4n) is 1.91. The standard InChI is InChI=1S/C15H18S2/c1-3-16-15(17-4-2)11-12-8-9-13-6-5-7-14(13)10-12/h5-6,8-11H,3-4,7H2,1-2H3. The molecule has 0 atom stereocenters. The lowest BCUT2D eigenvalue weighted by atomic mass is 10.1. The van der Waals surface area contributed by atoms with Crippen molar-refractivity contribution in [2.75, 3.05) is 11.5 Å². The van der Waals surface area contributed by atoms with E-state index in [1.54, 1.807) is 0 Å². The lowest BCUT2D eigenvalue weighted by Crippen LogP contribution is -1.84. The fourth-order valence-corrected chi connectivity index (χ4v) is 3.96. The van der Waals surface area contributed by atoms with E-state index in [1.165, 1.54) is 20.9 Å². The van der Waals surface area contributed by atoms with Crippen LogP contribution in [0.4, 0.5) is 0 Å². The van der Waals surface area contributed by atoms with Crippen molar-refractivity contribution in [2.24, 2.45) is 0 Å². The van der Waals surface area contributed by atoms with Crippen molar-refractivity contribution in [3.05, 3.63) is 45.2 Å². The molecule has 2 rings (SSSR count). The molecule has 0 heterocycles. The molecule has 0 amide bonds. The third-order valence-electron chi connectivity index (χ3n) is 2.66. The zero-order chi connectivity index (χ0) is 12.1. The van der Waals surface area contributed by atoms with Crippen LogP contribution in [0.2, 0.25) is 0 Å². The largest absolute Gasteiger partial charge is 0.120 e. The van der Waals surface area contributed by atoms with E-state index >= 15 is 0 Å². The second-order valence-corrected chi connectivity index (χ2v) is 6.76. The molecule has 0 saturated carbocycles. The highest BCUT2D eigenvalue weighted by atomic mass is 32.2. The monoisotopic (exact) mass is 262 g/mol. The van der Waals surface area contributed by atoms with Crippen LogP contribution in [-0.2, 0) is 6.42 Å². The van der Waals surface area contributed by atoms with Crippen molar-refractivity contribution < 1.29 is 0 Å². The van der Waals surface area contributed by atoms with Crippen LogP contribution >= 0.6 is 23.5 Å². The number of hydrogen-bond acceptors (Lipinski definition) is 2. The van der Waals surface area contributed by atoms with Gasteiger partial charge in [-0.25, -0.2) is 0 Å². The fraction of sp³-hybridized carbons (Fsp3) is 0.333. The van der Waals surface area contributed by atoms with Crippen LogP contribution in [-0.4, -0.2) is 11.5 Å². The molecule has 0 bridgehead atoms. The third kappa shape index (κ3) is 3.43. The van der Waals surface area contributed by atoms with E-state index in [0.29, 0.717) is 0 Å². The van der Waals surface area contributed by atoms with Gasteiger partial charge >= 0.3 is 0 Å². The summed E-state index contributed by atoms with van der Waals surface area (Å²) in [5.41, 5.74) is 4.18. The van der Waals surface area contributed by atoms with Crippen molar-refractivity contribution in [1.82, 2.24) is 0 Å². The van der Waals surface area contributed by atoms with Gasteiger partial charge in [0.25, 0.3) is 0 Å². The molecule has 1 aliphatic carbocycles. The van der Waals surface area contributed by atoms with Crippen molar-refractivity contribution in [3.63, 3.8) is 0 Å². The normalized spacial score (nSPS) is 12.6. The Morgan fingerprint density at radius 3 is 2.71 bits per heavy atom. The predicted octanol–water partition coefficient (Wildman–Crippen LogP) is 5.06. The minimum atomic E-state index is 1.09. The van der Waals surface area contributed by atoms with Crippen LogP contribution in [0, 0.1) is 0 Å². The topological polar surface area (TPSA) is 0 Å². The molecule has 0 spiro atoms. The van der Waals surface area contributed by atoms with Gasteiger partial charge in [0.1, 0.15) is 0 Å². The second-order valence-electron chi connectivity index (χ2n) is 3.89. The first-order valence-corrected chi connectivity index (χ1v) is 8.07. The van der Waals surface area contributed by atoms with E-state index in [9.17, 15) is 0 Å². The van der Waals surface area contributed by atoms with Gasteiger partial charge in [-0.2, -0.15) is 0 Å². The van der Waals surface area contributed by atoms with Crippen molar-refractivity contribution in [3.8, 4) is 0 Å². The molecule has 0 nitrogen and oxygen atoms in total. The van der Waals surface area contributed by atoms with E-state index in [1.807, 2.05) is 23.5 Å². The summed E-state index contributed by atoms with van der Waals surface area (Å²) in [6.07, 6.45) is 7.86. The Hall–Kier alpha value is -0.600. The molecule has 17 heavy (non-hydrogen) atoms. The zero-order valence-corrected chi connectivity index (χ0v) is 12.0. The molecular weight excluding hydrogens is 244 g/mol. The Bertz CT molecular complexity index is 436. The van der Waals surface area contributed by atoms with E-state index in [-0.39, 0.29) is 0 Å². The summed E-state index contributed by atoms with van der Waals surface area (Å²) in [6, 6.07) is 6.78. The van der Waals surface area contributed by atoms with Gasteiger partial charge in [-0.15, -0.1) is 23.5 Å². The summed E-state index contributed by atoms with van der Waals surface area (Å²) in [7, 11) is 0. The molecule has 0 fully saturated rings. The molecule has 2 heteroatoms. The Balaban J connectivity index is 2.19. The number of fused-ring (bicyclic) bond motifs is 1. The SMILES string of the molecule is CCSC(=Cc1ccc2c(c1)CC=C2)SCC. The highest BCUT2D eigenvalue weighted by Crippen LogP contribution is 2.31. The molecule has 1 aromatic rings. The highest BCUT2D eigenvalue weighted by Gasteiger charge is 2.05. The van der Waals surface area contributed by atoms with Crippen LogP contribution in [0.5, 0.6) is 0 Å². The molecule has 0 unspecified atom stereocenters. The van der Waals surface area contributed by atoms with Gasteiger partial charge in [-0.1, -0.05) is 44.2 Å². The summed E-state index contributed by atoms with van der Waals surface area (Å²) in [5.74, 6) is 2.29. The second kappa shape index (κ2) is 6.36. The molecule has 0 N–H and O–H groups in total. The molecule has 0 saturated heterocycles. The van der Waals surface area contributed by atoms with Crippen LogP contribution in [0.15, 0.2) is 28.5 Å². The molecule has 0 aliphatic heterocycles.